The lowest BCUT2D eigenvalue weighted by atomic mass is 10.0. The van der Waals surface area contributed by atoms with E-state index < -0.39 is 0 Å². The average Bonchev–Trinajstić information content (AvgIpc) is 2.41. The number of piperidine rings is 1. The maximum absolute atomic E-state index is 5.94. The number of hydrogen-bond acceptors (Lipinski definition) is 3. The molecule has 100 valence electrons. The zero-order valence-electron chi connectivity index (χ0n) is 11.5. The number of nitrogens with zero attached hydrogens (tertiary/aromatic N) is 1. The normalized spacial score (nSPS) is 17.9. The zero-order chi connectivity index (χ0) is 13.0. The summed E-state index contributed by atoms with van der Waals surface area (Å²) < 4.78 is 5.29. The molecule has 1 fully saturated rings. The van der Waals surface area contributed by atoms with Gasteiger partial charge in [-0.15, -0.1) is 0 Å². The second-order valence-electron chi connectivity index (χ2n) is 5.10. The van der Waals surface area contributed by atoms with E-state index in [0.717, 1.165) is 44.6 Å². The van der Waals surface area contributed by atoms with Crippen molar-refractivity contribution in [2.24, 2.45) is 5.73 Å². The summed E-state index contributed by atoms with van der Waals surface area (Å²) in [6.45, 7) is 5.48. The number of nitrogens with two attached hydrogens (primary N) is 1. The molecule has 1 saturated heterocycles. The lowest BCUT2D eigenvalue weighted by molar-refractivity contribution is 0.205. The molecule has 2 N–H and O–H groups in total. The molecule has 18 heavy (non-hydrogen) atoms. The van der Waals surface area contributed by atoms with Crippen molar-refractivity contribution in [2.45, 2.75) is 38.8 Å². The summed E-state index contributed by atoms with van der Waals surface area (Å²) >= 11 is 0. The van der Waals surface area contributed by atoms with E-state index in [-0.39, 0.29) is 0 Å². The summed E-state index contributed by atoms with van der Waals surface area (Å²) in [7, 11) is 1.72. The van der Waals surface area contributed by atoms with Gasteiger partial charge in [-0.25, -0.2) is 0 Å². The predicted molar refractivity (Wildman–Crippen MR) is 74.9 cm³/mol. The highest BCUT2D eigenvalue weighted by molar-refractivity contribution is 5.35. The van der Waals surface area contributed by atoms with Crippen LogP contribution in [0.3, 0.4) is 0 Å². The van der Waals surface area contributed by atoms with Gasteiger partial charge >= 0.3 is 0 Å². The zero-order valence-corrected chi connectivity index (χ0v) is 11.5. The summed E-state index contributed by atoms with van der Waals surface area (Å²) in [5.41, 5.74) is 8.76. The van der Waals surface area contributed by atoms with Crippen molar-refractivity contribution in [1.29, 1.82) is 0 Å². The number of aryl methyl sites for hydroxylation is 1. The maximum atomic E-state index is 5.94. The molecule has 0 aromatic heterocycles. The largest absolute Gasteiger partial charge is 0.497 e. The molecule has 2 rings (SSSR count). The molecule has 1 aliphatic heterocycles. The highest BCUT2D eigenvalue weighted by atomic mass is 16.5. The number of rotatable bonds is 4. The van der Waals surface area contributed by atoms with Gasteiger partial charge in [0.15, 0.2) is 0 Å². The van der Waals surface area contributed by atoms with Crippen LogP contribution in [0.2, 0.25) is 0 Å². The van der Waals surface area contributed by atoms with Gasteiger partial charge in [-0.05, 0) is 55.6 Å². The van der Waals surface area contributed by atoms with Crippen LogP contribution in [0.4, 0.5) is 0 Å². The molecule has 3 heteroatoms. The number of ether oxygens (including phenoxy) is 1. The van der Waals surface area contributed by atoms with Gasteiger partial charge in [0, 0.05) is 12.6 Å². The Balaban J connectivity index is 2.04. The molecule has 1 aromatic carbocycles. The second kappa shape index (κ2) is 6.21. The van der Waals surface area contributed by atoms with Gasteiger partial charge in [0.1, 0.15) is 5.75 Å². The fraction of sp³-hybridized carbons (Fsp3) is 0.600. The Morgan fingerprint density at radius 1 is 1.28 bits per heavy atom. The van der Waals surface area contributed by atoms with Gasteiger partial charge in [0.25, 0.3) is 0 Å². The first-order valence-corrected chi connectivity index (χ1v) is 6.86. The van der Waals surface area contributed by atoms with Crippen LogP contribution < -0.4 is 10.5 Å². The maximum Gasteiger partial charge on any atom is 0.119 e. The molecule has 0 amide bonds. The lowest BCUT2D eigenvalue weighted by Gasteiger charge is -2.30. The molecule has 0 radical (unpaired) electrons. The Morgan fingerprint density at radius 2 is 2.00 bits per heavy atom. The fourth-order valence-corrected chi connectivity index (χ4v) is 2.56. The molecule has 0 bridgehead atoms. The van der Waals surface area contributed by atoms with Gasteiger partial charge in [0.05, 0.1) is 7.11 Å². The molecular formula is C15H24N2O. The van der Waals surface area contributed by atoms with Crippen LogP contribution in [-0.4, -0.2) is 31.1 Å². The van der Waals surface area contributed by atoms with E-state index in [1.54, 1.807) is 7.11 Å². The van der Waals surface area contributed by atoms with Crippen molar-refractivity contribution in [1.82, 2.24) is 4.90 Å². The Hall–Kier alpha value is -1.06. The highest BCUT2D eigenvalue weighted by Crippen LogP contribution is 2.21. The van der Waals surface area contributed by atoms with Gasteiger partial charge in [-0.1, -0.05) is 13.0 Å². The third kappa shape index (κ3) is 3.24. The summed E-state index contributed by atoms with van der Waals surface area (Å²) in [6.07, 6.45) is 3.30. The van der Waals surface area contributed by atoms with Crippen molar-refractivity contribution in [3.63, 3.8) is 0 Å². The van der Waals surface area contributed by atoms with Crippen molar-refractivity contribution >= 4 is 0 Å². The number of hydrogen-bond donors (Lipinski definition) is 1. The number of benzene rings is 1. The first-order valence-electron chi connectivity index (χ1n) is 6.86. The van der Waals surface area contributed by atoms with Crippen LogP contribution in [0.5, 0.6) is 5.75 Å². The molecule has 1 heterocycles. The Bertz CT molecular complexity index is 384. The fourth-order valence-electron chi connectivity index (χ4n) is 2.56. The van der Waals surface area contributed by atoms with Crippen LogP contribution in [-0.2, 0) is 13.0 Å². The average molecular weight is 248 g/mol. The first-order chi connectivity index (χ1) is 8.72. The summed E-state index contributed by atoms with van der Waals surface area (Å²) in [5, 5.41) is 0. The third-order valence-corrected chi connectivity index (χ3v) is 3.82. The topological polar surface area (TPSA) is 38.5 Å². The molecule has 0 aliphatic carbocycles. The lowest BCUT2D eigenvalue weighted by Crippen LogP contribution is -2.39. The van der Waals surface area contributed by atoms with Crippen LogP contribution in [0.1, 0.15) is 30.9 Å². The molecule has 1 aliphatic rings. The summed E-state index contributed by atoms with van der Waals surface area (Å²) in [6, 6.07) is 6.82. The van der Waals surface area contributed by atoms with Crippen LogP contribution in [0.25, 0.3) is 0 Å². The minimum absolute atomic E-state index is 0.405. The van der Waals surface area contributed by atoms with E-state index >= 15 is 0 Å². The minimum atomic E-state index is 0.405. The molecular weight excluding hydrogens is 224 g/mol. The van der Waals surface area contributed by atoms with E-state index in [2.05, 4.69) is 30.0 Å². The second-order valence-corrected chi connectivity index (χ2v) is 5.10. The summed E-state index contributed by atoms with van der Waals surface area (Å²) in [5.74, 6) is 0.955. The standard InChI is InChI=1S/C15H24N2O/c1-3-12-10-15(18-2)5-4-13(12)11-17-8-6-14(16)7-9-17/h4-5,10,14H,3,6-9,11,16H2,1-2H3. The van der Waals surface area contributed by atoms with E-state index in [4.69, 9.17) is 10.5 Å². The molecule has 1 aromatic rings. The van der Waals surface area contributed by atoms with Gasteiger partial charge < -0.3 is 10.5 Å². The van der Waals surface area contributed by atoms with Crippen LogP contribution in [0, 0.1) is 0 Å². The van der Waals surface area contributed by atoms with Crippen LogP contribution >= 0.6 is 0 Å². The monoisotopic (exact) mass is 248 g/mol. The number of likely N-dealkylation sites (tertiary alicyclic amines) is 1. The Kier molecular flexibility index (Phi) is 4.61. The first kappa shape index (κ1) is 13.4. The van der Waals surface area contributed by atoms with Crippen molar-refractivity contribution in [3.8, 4) is 5.75 Å². The Morgan fingerprint density at radius 3 is 2.61 bits per heavy atom. The quantitative estimate of drug-likeness (QED) is 0.887. The SMILES string of the molecule is CCc1cc(OC)ccc1CN1CCC(N)CC1. The summed E-state index contributed by atoms with van der Waals surface area (Å²) in [4.78, 5) is 2.50. The van der Waals surface area contributed by atoms with E-state index in [9.17, 15) is 0 Å². The molecule has 0 saturated carbocycles. The van der Waals surface area contributed by atoms with Gasteiger partial charge in [0.2, 0.25) is 0 Å². The Labute approximate surface area is 110 Å². The van der Waals surface area contributed by atoms with E-state index in [0.29, 0.717) is 6.04 Å². The molecule has 0 spiro atoms. The minimum Gasteiger partial charge on any atom is -0.497 e. The third-order valence-electron chi connectivity index (χ3n) is 3.82. The van der Waals surface area contributed by atoms with Gasteiger partial charge in [-0.2, -0.15) is 0 Å². The van der Waals surface area contributed by atoms with Crippen LogP contribution in [0.15, 0.2) is 18.2 Å². The predicted octanol–water partition coefficient (Wildman–Crippen LogP) is 2.18. The number of methoxy groups -OCH3 is 1. The van der Waals surface area contributed by atoms with Gasteiger partial charge in [-0.3, -0.25) is 4.90 Å². The molecule has 3 nitrogen and oxygen atoms in total. The van der Waals surface area contributed by atoms with E-state index in [1.165, 1.54) is 11.1 Å². The van der Waals surface area contributed by atoms with Crippen molar-refractivity contribution in [3.05, 3.63) is 29.3 Å². The molecule has 0 atom stereocenters. The van der Waals surface area contributed by atoms with Crippen molar-refractivity contribution < 1.29 is 4.74 Å². The highest BCUT2D eigenvalue weighted by Gasteiger charge is 2.16. The molecule has 0 unspecified atom stereocenters. The smallest absolute Gasteiger partial charge is 0.119 e. The van der Waals surface area contributed by atoms with E-state index in [1.807, 2.05) is 0 Å². The van der Waals surface area contributed by atoms with Crippen molar-refractivity contribution in [2.75, 3.05) is 20.2 Å².